The van der Waals surface area contributed by atoms with Crippen LogP contribution < -0.4 is 0 Å². The Morgan fingerprint density at radius 3 is 2.46 bits per heavy atom. The van der Waals surface area contributed by atoms with Crippen LogP contribution in [0.5, 0.6) is 0 Å². The van der Waals surface area contributed by atoms with Gasteiger partial charge in [0.05, 0.1) is 0 Å². The first-order valence-corrected chi connectivity index (χ1v) is 6.49. The second-order valence-electron chi connectivity index (χ2n) is 4.13. The third-order valence-corrected chi connectivity index (χ3v) is 4.21. The normalized spacial score (nSPS) is 24.5. The lowest BCUT2D eigenvalue weighted by Crippen LogP contribution is -2.10. The number of carbonyl (C=O) groups excluding carboxylic acids is 1. The van der Waals surface area contributed by atoms with Crippen molar-refractivity contribution in [2.24, 2.45) is 5.41 Å². The molecule has 0 aliphatic carbocycles. The van der Waals surface area contributed by atoms with Crippen molar-refractivity contribution in [3.05, 3.63) is 11.0 Å². The van der Waals surface area contributed by atoms with Crippen LogP contribution in [0.1, 0.15) is 27.2 Å². The predicted molar refractivity (Wildman–Crippen MR) is 62.1 cm³/mol. The molecule has 0 atom stereocenters. The summed E-state index contributed by atoms with van der Waals surface area (Å²) in [6, 6.07) is 0. The van der Waals surface area contributed by atoms with Crippen LogP contribution in [-0.4, -0.2) is 16.6 Å². The number of hydrogen-bond donors (Lipinski definition) is 0. The molecule has 0 spiro atoms. The fraction of sp³-hybridized carbons (Fsp3) is 0.700. The van der Waals surface area contributed by atoms with Gasteiger partial charge >= 0.3 is 0 Å². The molecule has 0 aromatic carbocycles. The third-order valence-electron chi connectivity index (χ3n) is 1.78. The molecule has 0 aromatic rings. The van der Waals surface area contributed by atoms with Crippen molar-refractivity contribution in [1.29, 1.82) is 0 Å². The highest BCUT2D eigenvalue weighted by atomic mass is 32.2. The molecule has 1 aliphatic heterocycles. The summed E-state index contributed by atoms with van der Waals surface area (Å²) >= 11 is 3.28. The summed E-state index contributed by atoms with van der Waals surface area (Å²) in [5, 5.41) is 0.220. The second kappa shape index (κ2) is 4.56. The van der Waals surface area contributed by atoms with Crippen molar-refractivity contribution in [3.63, 3.8) is 0 Å². The Morgan fingerprint density at radius 1 is 1.23 bits per heavy atom. The van der Waals surface area contributed by atoms with Gasteiger partial charge in [0.1, 0.15) is 0 Å². The molecule has 0 bridgehead atoms. The average molecular weight is 216 g/mol. The Balaban J connectivity index is 2.78. The fourth-order valence-corrected chi connectivity index (χ4v) is 3.12. The molecular formula is C10H16OS2. The Morgan fingerprint density at radius 2 is 1.85 bits per heavy atom. The predicted octanol–water partition coefficient (Wildman–Crippen LogP) is 3.31. The van der Waals surface area contributed by atoms with E-state index in [-0.39, 0.29) is 10.5 Å². The highest BCUT2D eigenvalue weighted by Crippen LogP contribution is 2.36. The van der Waals surface area contributed by atoms with E-state index in [0.717, 1.165) is 17.9 Å². The number of allylic oxidation sites excluding steroid dienone is 1. The van der Waals surface area contributed by atoms with Crippen molar-refractivity contribution < 1.29 is 4.79 Å². The zero-order valence-corrected chi connectivity index (χ0v) is 10.1. The van der Waals surface area contributed by atoms with E-state index in [0.29, 0.717) is 0 Å². The smallest absolute Gasteiger partial charge is 0.212 e. The monoisotopic (exact) mass is 216 g/mol. The molecule has 0 unspecified atom stereocenters. The molecule has 3 heteroatoms. The molecule has 0 saturated carbocycles. The van der Waals surface area contributed by atoms with Gasteiger partial charge in [0, 0.05) is 11.8 Å². The Bertz CT molecular complexity index is 226. The van der Waals surface area contributed by atoms with Crippen LogP contribution in [0.15, 0.2) is 11.0 Å². The lowest BCUT2D eigenvalue weighted by atomic mass is 9.96. The minimum Gasteiger partial charge on any atom is -0.282 e. The highest BCUT2D eigenvalue weighted by Gasteiger charge is 2.20. The van der Waals surface area contributed by atoms with E-state index < -0.39 is 0 Å². The maximum absolute atomic E-state index is 11.4. The first kappa shape index (κ1) is 11.2. The van der Waals surface area contributed by atoms with E-state index in [4.69, 9.17) is 0 Å². The second-order valence-corrected chi connectivity index (χ2v) is 6.36. The molecule has 1 heterocycles. The van der Waals surface area contributed by atoms with Crippen molar-refractivity contribution in [1.82, 2.24) is 0 Å². The van der Waals surface area contributed by atoms with Gasteiger partial charge in [-0.1, -0.05) is 32.5 Å². The number of thioether (sulfide) groups is 2. The van der Waals surface area contributed by atoms with Gasteiger partial charge in [0.15, 0.2) is 0 Å². The van der Waals surface area contributed by atoms with Gasteiger partial charge in [-0.3, -0.25) is 4.79 Å². The van der Waals surface area contributed by atoms with Gasteiger partial charge in [0.2, 0.25) is 5.12 Å². The molecule has 0 radical (unpaired) electrons. The van der Waals surface area contributed by atoms with Crippen LogP contribution in [0, 0.1) is 5.41 Å². The fourth-order valence-electron chi connectivity index (χ4n) is 1.04. The summed E-state index contributed by atoms with van der Waals surface area (Å²) in [5.41, 5.74) is 0.123. The first-order chi connectivity index (χ1) is 6.00. The molecule has 74 valence electrons. The lowest BCUT2D eigenvalue weighted by Gasteiger charge is -2.23. The quantitative estimate of drug-likeness (QED) is 0.618. The van der Waals surface area contributed by atoms with Gasteiger partial charge in [-0.15, -0.1) is 11.8 Å². The maximum Gasteiger partial charge on any atom is 0.212 e. The zero-order valence-electron chi connectivity index (χ0n) is 8.42. The van der Waals surface area contributed by atoms with Gasteiger partial charge in [-0.2, -0.15) is 0 Å². The Kier molecular flexibility index (Phi) is 3.92. The number of rotatable bonds is 0. The van der Waals surface area contributed by atoms with Crippen LogP contribution in [0.25, 0.3) is 0 Å². The van der Waals surface area contributed by atoms with Crippen molar-refractivity contribution in [2.75, 3.05) is 11.5 Å². The van der Waals surface area contributed by atoms with E-state index in [1.54, 1.807) is 0 Å². The van der Waals surface area contributed by atoms with E-state index >= 15 is 0 Å². The van der Waals surface area contributed by atoms with E-state index in [9.17, 15) is 4.79 Å². The summed E-state index contributed by atoms with van der Waals surface area (Å²) in [5.74, 6) is 2.11. The average Bonchev–Trinajstić information content (AvgIpc) is 1.94. The Labute approximate surface area is 88.7 Å². The van der Waals surface area contributed by atoms with Gasteiger partial charge in [0.25, 0.3) is 0 Å². The Hall–Kier alpha value is 0.110. The molecule has 1 nitrogen and oxygen atoms in total. The van der Waals surface area contributed by atoms with Crippen LogP contribution in [0.4, 0.5) is 0 Å². The van der Waals surface area contributed by atoms with Crippen molar-refractivity contribution in [3.8, 4) is 0 Å². The molecular weight excluding hydrogens is 200 g/mol. The summed E-state index contributed by atoms with van der Waals surface area (Å²) in [6.07, 6.45) is 2.95. The summed E-state index contributed by atoms with van der Waals surface area (Å²) in [4.78, 5) is 12.6. The third kappa shape index (κ3) is 3.77. The van der Waals surface area contributed by atoms with Gasteiger partial charge in [-0.05, 0) is 22.5 Å². The summed E-state index contributed by atoms with van der Waals surface area (Å²) in [6.45, 7) is 6.47. The lowest BCUT2D eigenvalue weighted by molar-refractivity contribution is -0.107. The standard InChI is InChI=1S/C10H16OS2/c1-10(2,3)8-7-9(11)13-6-4-5-12-8/h7H,4-6H2,1-3H3/b8-7-. The number of carbonyl (C=O) groups is 1. The molecule has 13 heavy (non-hydrogen) atoms. The summed E-state index contributed by atoms with van der Waals surface area (Å²) < 4.78 is 0. The van der Waals surface area contributed by atoms with E-state index in [1.165, 1.54) is 16.7 Å². The maximum atomic E-state index is 11.4. The topological polar surface area (TPSA) is 17.1 Å². The van der Waals surface area contributed by atoms with Gasteiger partial charge < -0.3 is 0 Å². The van der Waals surface area contributed by atoms with Crippen molar-refractivity contribution >= 4 is 28.6 Å². The zero-order chi connectivity index (χ0) is 9.90. The molecule has 0 amide bonds. The largest absolute Gasteiger partial charge is 0.282 e. The van der Waals surface area contributed by atoms with E-state index in [1.807, 2.05) is 17.8 Å². The summed E-state index contributed by atoms with van der Waals surface area (Å²) in [7, 11) is 0. The van der Waals surface area contributed by atoms with Crippen LogP contribution in [0.3, 0.4) is 0 Å². The van der Waals surface area contributed by atoms with Gasteiger partial charge in [-0.25, -0.2) is 0 Å². The first-order valence-electron chi connectivity index (χ1n) is 4.52. The molecule has 0 aromatic heterocycles. The molecule has 0 fully saturated rings. The SMILES string of the molecule is CC(C)(C)/C1=C/C(=O)SCCCS1. The van der Waals surface area contributed by atoms with Crippen molar-refractivity contribution in [2.45, 2.75) is 27.2 Å². The molecule has 1 rings (SSSR count). The van der Waals surface area contributed by atoms with Crippen LogP contribution in [0.2, 0.25) is 0 Å². The molecule has 0 N–H and O–H groups in total. The minimum atomic E-state index is 0.123. The molecule has 1 aliphatic rings. The minimum absolute atomic E-state index is 0.123. The highest BCUT2D eigenvalue weighted by molar-refractivity contribution is 8.14. The molecule has 0 saturated heterocycles. The van der Waals surface area contributed by atoms with E-state index in [2.05, 4.69) is 20.8 Å². The van der Waals surface area contributed by atoms with Crippen LogP contribution >= 0.6 is 23.5 Å². The van der Waals surface area contributed by atoms with Crippen LogP contribution in [-0.2, 0) is 4.79 Å². The number of hydrogen-bond acceptors (Lipinski definition) is 3.